The molecule has 0 saturated carbocycles. The van der Waals surface area contributed by atoms with Gasteiger partial charge < -0.3 is 10.3 Å². The van der Waals surface area contributed by atoms with E-state index < -0.39 is 10.0 Å². The van der Waals surface area contributed by atoms with Gasteiger partial charge >= 0.3 is 0 Å². The zero-order valence-electron chi connectivity index (χ0n) is 15.8. The Morgan fingerprint density at radius 2 is 1.78 bits per heavy atom. The van der Waals surface area contributed by atoms with E-state index in [0.717, 1.165) is 11.5 Å². The highest BCUT2D eigenvalue weighted by Crippen LogP contribution is 2.24. The number of aromatic amines is 1. The summed E-state index contributed by atoms with van der Waals surface area (Å²) in [7, 11) is -3.56. The second-order valence-corrected chi connectivity index (χ2v) is 10.7. The minimum Gasteiger partial charge on any atom is -0.356 e. The van der Waals surface area contributed by atoms with E-state index in [0.29, 0.717) is 18.8 Å². The van der Waals surface area contributed by atoms with Crippen LogP contribution in [0.4, 0.5) is 5.69 Å². The van der Waals surface area contributed by atoms with Crippen LogP contribution in [0.1, 0.15) is 36.8 Å². The number of rotatable bonds is 4. The molecule has 1 aromatic heterocycles. The van der Waals surface area contributed by atoms with Gasteiger partial charge in [-0.2, -0.15) is 16.1 Å². The normalized spacial score (nSPS) is 16.3. The summed E-state index contributed by atoms with van der Waals surface area (Å²) in [6, 6.07) is 9.06. The van der Waals surface area contributed by atoms with E-state index >= 15 is 0 Å². The van der Waals surface area contributed by atoms with Crippen molar-refractivity contribution in [2.24, 2.45) is 0 Å². The number of carbonyl (C=O) groups is 1. The standard InChI is InChI=1S/C19H25N3O3S2/c1-19(2,3)14-4-6-15(7-5-14)21-18(23)17-12-16(13-20-17)27(24,25)22-8-10-26-11-9-22/h4-7,12-13,20H,8-11H2,1-3H3,(H,21,23). The Bertz CT molecular complexity index is 906. The average Bonchev–Trinajstić information content (AvgIpc) is 3.13. The van der Waals surface area contributed by atoms with Gasteiger partial charge in [-0.15, -0.1) is 0 Å². The highest BCUT2D eigenvalue weighted by atomic mass is 32.2. The zero-order valence-corrected chi connectivity index (χ0v) is 17.4. The number of thioether (sulfide) groups is 1. The van der Waals surface area contributed by atoms with Crippen LogP contribution in [0.2, 0.25) is 0 Å². The van der Waals surface area contributed by atoms with Gasteiger partial charge in [-0.05, 0) is 29.2 Å². The Hall–Kier alpha value is -1.77. The Kier molecular flexibility index (Phi) is 5.69. The fraction of sp³-hybridized carbons (Fsp3) is 0.421. The molecule has 1 fully saturated rings. The van der Waals surface area contributed by atoms with E-state index in [1.54, 1.807) is 11.8 Å². The van der Waals surface area contributed by atoms with Crippen molar-refractivity contribution in [1.29, 1.82) is 0 Å². The summed E-state index contributed by atoms with van der Waals surface area (Å²) in [5.74, 6) is 1.22. The van der Waals surface area contributed by atoms with E-state index in [-0.39, 0.29) is 21.9 Å². The highest BCUT2D eigenvalue weighted by Gasteiger charge is 2.27. The van der Waals surface area contributed by atoms with E-state index in [9.17, 15) is 13.2 Å². The van der Waals surface area contributed by atoms with Gasteiger partial charge in [0.15, 0.2) is 0 Å². The molecule has 1 aliphatic heterocycles. The van der Waals surface area contributed by atoms with E-state index in [1.165, 1.54) is 22.1 Å². The number of amides is 1. The van der Waals surface area contributed by atoms with Crippen molar-refractivity contribution in [2.75, 3.05) is 29.9 Å². The van der Waals surface area contributed by atoms with Crippen molar-refractivity contribution in [1.82, 2.24) is 9.29 Å². The summed E-state index contributed by atoms with van der Waals surface area (Å²) in [6.45, 7) is 7.38. The van der Waals surface area contributed by atoms with Crippen LogP contribution < -0.4 is 5.32 Å². The Labute approximate surface area is 164 Å². The lowest BCUT2D eigenvalue weighted by atomic mass is 9.87. The minimum atomic E-state index is -3.56. The molecule has 3 rings (SSSR count). The molecule has 1 aromatic carbocycles. The van der Waals surface area contributed by atoms with Crippen molar-refractivity contribution in [3.05, 3.63) is 47.8 Å². The number of anilines is 1. The van der Waals surface area contributed by atoms with Gasteiger partial charge in [-0.1, -0.05) is 32.9 Å². The first-order valence-electron chi connectivity index (χ1n) is 8.86. The van der Waals surface area contributed by atoms with Crippen molar-refractivity contribution in [3.8, 4) is 0 Å². The molecule has 146 valence electrons. The second-order valence-electron chi connectivity index (χ2n) is 7.55. The zero-order chi connectivity index (χ0) is 19.7. The monoisotopic (exact) mass is 407 g/mol. The first kappa shape index (κ1) is 20.0. The van der Waals surface area contributed by atoms with Gasteiger partial charge in [0.05, 0.1) is 0 Å². The molecule has 0 unspecified atom stereocenters. The SMILES string of the molecule is CC(C)(C)c1ccc(NC(=O)c2cc(S(=O)(=O)N3CCSCC3)c[nH]2)cc1. The first-order chi connectivity index (χ1) is 12.7. The average molecular weight is 408 g/mol. The van der Waals surface area contributed by atoms with E-state index in [1.807, 2.05) is 24.3 Å². The van der Waals surface area contributed by atoms with Crippen LogP contribution in [0.25, 0.3) is 0 Å². The lowest BCUT2D eigenvalue weighted by molar-refractivity contribution is 0.102. The topological polar surface area (TPSA) is 82.3 Å². The van der Waals surface area contributed by atoms with Crippen LogP contribution >= 0.6 is 11.8 Å². The van der Waals surface area contributed by atoms with Crippen molar-refractivity contribution >= 4 is 33.4 Å². The summed E-state index contributed by atoms with van der Waals surface area (Å²) < 4.78 is 26.8. The molecule has 2 aromatic rings. The van der Waals surface area contributed by atoms with Crippen LogP contribution in [0.5, 0.6) is 0 Å². The maximum atomic E-state index is 12.7. The highest BCUT2D eigenvalue weighted by molar-refractivity contribution is 7.99. The molecule has 2 heterocycles. The number of sulfonamides is 1. The van der Waals surface area contributed by atoms with Crippen molar-refractivity contribution in [2.45, 2.75) is 31.1 Å². The summed E-state index contributed by atoms with van der Waals surface area (Å²) in [5, 5.41) is 2.80. The third kappa shape index (κ3) is 4.56. The van der Waals surface area contributed by atoms with Gasteiger partial charge in [0.2, 0.25) is 10.0 Å². The van der Waals surface area contributed by atoms with Crippen LogP contribution in [0, 0.1) is 0 Å². The number of H-pyrrole nitrogens is 1. The summed E-state index contributed by atoms with van der Waals surface area (Å²) in [4.78, 5) is 15.4. The molecule has 0 atom stereocenters. The van der Waals surface area contributed by atoms with Crippen LogP contribution in [-0.2, 0) is 15.4 Å². The minimum absolute atomic E-state index is 0.0399. The lowest BCUT2D eigenvalue weighted by Gasteiger charge is -2.24. The number of hydrogen-bond donors (Lipinski definition) is 2. The van der Waals surface area contributed by atoms with Gasteiger partial charge in [0.25, 0.3) is 5.91 Å². The van der Waals surface area contributed by atoms with Crippen LogP contribution in [0.15, 0.2) is 41.4 Å². The smallest absolute Gasteiger partial charge is 0.272 e. The van der Waals surface area contributed by atoms with Crippen LogP contribution in [0.3, 0.4) is 0 Å². The first-order valence-corrected chi connectivity index (χ1v) is 11.5. The molecule has 27 heavy (non-hydrogen) atoms. The molecule has 1 aliphatic rings. The Morgan fingerprint density at radius 3 is 2.37 bits per heavy atom. The predicted molar refractivity (Wildman–Crippen MR) is 110 cm³/mol. The molecule has 0 aliphatic carbocycles. The lowest BCUT2D eigenvalue weighted by Crippen LogP contribution is -2.37. The van der Waals surface area contributed by atoms with Crippen molar-refractivity contribution < 1.29 is 13.2 Å². The number of hydrogen-bond acceptors (Lipinski definition) is 4. The van der Waals surface area contributed by atoms with E-state index in [2.05, 4.69) is 31.1 Å². The molecule has 1 saturated heterocycles. The largest absolute Gasteiger partial charge is 0.356 e. The molecular weight excluding hydrogens is 382 g/mol. The summed E-state index contributed by atoms with van der Waals surface area (Å²) in [6.07, 6.45) is 1.38. The van der Waals surface area contributed by atoms with E-state index in [4.69, 9.17) is 0 Å². The fourth-order valence-electron chi connectivity index (χ4n) is 2.84. The van der Waals surface area contributed by atoms with Crippen LogP contribution in [-0.4, -0.2) is 48.2 Å². The number of carbonyl (C=O) groups excluding carboxylic acids is 1. The number of nitrogens with zero attached hydrogens (tertiary/aromatic N) is 1. The van der Waals surface area contributed by atoms with Gasteiger partial charge in [-0.25, -0.2) is 8.42 Å². The second kappa shape index (κ2) is 7.69. The maximum absolute atomic E-state index is 12.7. The Balaban J connectivity index is 1.71. The molecule has 6 nitrogen and oxygen atoms in total. The number of aromatic nitrogens is 1. The molecule has 1 amide bonds. The molecule has 8 heteroatoms. The maximum Gasteiger partial charge on any atom is 0.272 e. The molecule has 2 N–H and O–H groups in total. The quantitative estimate of drug-likeness (QED) is 0.815. The van der Waals surface area contributed by atoms with Crippen molar-refractivity contribution in [3.63, 3.8) is 0 Å². The summed E-state index contributed by atoms with van der Waals surface area (Å²) in [5.41, 5.74) is 2.10. The predicted octanol–water partition coefficient (Wildman–Crippen LogP) is 3.30. The number of nitrogens with one attached hydrogen (secondary N) is 2. The molecule has 0 bridgehead atoms. The fourth-order valence-corrected chi connectivity index (χ4v) is 5.41. The molecule has 0 radical (unpaired) electrons. The molecule has 0 spiro atoms. The van der Waals surface area contributed by atoms with Gasteiger partial charge in [0, 0.05) is 36.5 Å². The summed E-state index contributed by atoms with van der Waals surface area (Å²) >= 11 is 1.75. The third-order valence-electron chi connectivity index (χ3n) is 4.52. The third-order valence-corrected chi connectivity index (χ3v) is 7.34. The van der Waals surface area contributed by atoms with Gasteiger partial charge in [-0.3, -0.25) is 4.79 Å². The molecular formula is C19H25N3O3S2. The Morgan fingerprint density at radius 1 is 1.15 bits per heavy atom. The number of benzene rings is 1. The van der Waals surface area contributed by atoms with Gasteiger partial charge in [0.1, 0.15) is 10.6 Å².